The number of hydrogen-bond donors (Lipinski definition) is 1. The summed E-state index contributed by atoms with van der Waals surface area (Å²) in [6.45, 7) is 3.08. The molecule has 0 amide bonds. The smallest absolute Gasteiger partial charge is 0.123 e. The summed E-state index contributed by atoms with van der Waals surface area (Å²) in [6.07, 6.45) is 6.06. The number of hydrogen-bond acceptors (Lipinski definition) is 2. The van der Waals surface area contributed by atoms with Gasteiger partial charge in [0.05, 0.1) is 6.54 Å². The summed E-state index contributed by atoms with van der Waals surface area (Å²) in [7, 11) is 0. The molecule has 1 heterocycles. The third-order valence-electron chi connectivity index (χ3n) is 4.02. The van der Waals surface area contributed by atoms with Gasteiger partial charge in [-0.25, -0.2) is 4.39 Å². The molecule has 2 aromatic rings. The van der Waals surface area contributed by atoms with E-state index < -0.39 is 0 Å². The van der Waals surface area contributed by atoms with E-state index in [0.717, 1.165) is 19.4 Å². The zero-order valence-corrected chi connectivity index (χ0v) is 11.7. The second-order valence-corrected chi connectivity index (χ2v) is 5.71. The van der Waals surface area contributed by atoms with Crippen LogP contribution in [0, 0.1) is 5.82 Å². The number of rotatable bonds is 5. The number of nitrogens with one attached hydrogen (secondary N) is 1. The maximum atomic E-state index is 12.9. The van der Waals surface area contributed by atoms with Gasteiger partial charge in [0.2, 0.25) is 0 Å². The first kappa shape index (κ1) is 13.3. The van der Waals surface area contributed by atoms with E-state index in [1.807, 2.05) is 29.1 Å². The van der Waals surface area contributed by atoms with Crippen LogP contribution in [0.5, 0.6) is 0 Å². The fourth-order valence-corrected chi connectivity index (χ4v) is 2.91. The molecule has 3 rings (SSSR count). The second kappa shape index (κ2) is 5.75. The molecule has 106 valence electrons. The summed E-state index contributed by atoms with van der Waals surface area (Å²) in [6, 6.07) is 9.84. The van der Waals surface area contributed by atoms with Gasteiger partial charge in [0.25, 0.3) is 0 Å². The van der Waals surface area contributed by atoms with Crippen LogP contribution in [0.15, 0.2) is 42.7 Å². The predicted molar refractivity (Wildman–Crippen MR) is 77.0 cm³/mol. The normalized spacial score (nSPS) is 23.3. The molecule has 1 fully saturated rings. The summed E-state index contributed by atoms with van der Waals surface area (Å²) in [4.78, 5) is 0. The first-order valence-electron chi connectivity index (χ1n) is 7.19. The van der Waals surface area contributed by atoms with Crippen LogP contribution in [0.3, 0.4) is 0 Å². The van der Waals surface area contributed by atoms with Crippen LogP contribution >= 0.6 is 0 Å². The van der Waals surface area contributed by atoms with Crippen molar-refractivity contribution < 1.29 is 4.39 Å². The highest BCUT2D eigenvalue weighted by atomic mass is 19.1. The lowest BCUT2D eigenvalue weighted by molar-refractivity contribution is 0.258. The van der Waals surface area contributed by atoms with E-state index in [2.05, 4.69) is 17.3 Å². The van der Waals surface area contributed by atoms with Gasteiger partial charge in [-0.15, -0.1) is 0 Å². The van der Waals surface area contributed by atoms with Gasteiger partial charge in [0.1, 0.15) is 5.82 Å². The van der Waals surface area contributed by atoms with E-state index in [0.29, 0.717) is 18.0 Å². The van der Waals surface area contributed by atoms with Crippen molar-refractivity contribution in [2.45, 2.75) is 44.3 Å². The van der Waals surface area contributed by atoms with Crippen molar-refractivity contribution in [3.63, 3.8) is 0 Å². The van der Waals surface area contributed by atoms with Crippen molar-refractivity contribution in [3.8, 4) is 0 Å². The maximum Gasteiger partial charge on any atom is 0.123 e. The average Bonchev–Trinajstić information content (AvgIpc) is 2.87. The van der Waals surface area contributed by atoms with E-state index in [9.17, 15) is 4.39 Å². The van der Waals surface area contributed by atoms with E-state index >= 15 is 0 Å². The minimum absolute atomic E-state index is 0.157. The summed E-state index contributed by atoms with van der Waals surface area (Å²) >= 11 is 0. The molecule has 1 atom stereocenters. The Hall–Kier alpha value is -1.68. The molecule has 3 nitrogen and oxygen atoms in total. The van der Waals surface area contributed by atoms with Gasteiger partial charge in [-0.2, -0.15) is 5.10 Å². The van der Waals surface area contributed by atoms with E-state index in [4.69, 9.17) is 0 Å². The first-order valence-corrected chi connectivity index (χ1v) is 7.19. The Morgan fingerprint density at radius 3 is 2.75 bits per heavy atom. The van der Waals surface area contributed by atoms with Crippen molar-refractivity contribution in [1.29, 1.82) is 0 Å². The van der Waals surface area contributed by atoms with Gasteiger partial charge >= 0.3 is 0 Å². The van der Waals surface area contributed by atoms with Gasteiger partial charge in [0.15, 0.2) is 0 Å². The first-order chi connectivity index (χ1) is 9.70. The zero-order chi connectivity index (χ0) is 13.9. The van der Waals surface area contributed by atoms with Crippen LogP contribution in [0.25, 0.3) is 0 Å². The molecule has 1 aromatic heterocycles. The lowest BCUT2D eigenvalue weighted by atomic mass is 9.75. The van der Waals surface area contributed by atoms with Crippen molar-refractivity contribution in [1.82, 2.24) is 15.1 Å². The zero-order valence-electron chi connectivity index (χ0n) is 11.7. The molecule has 0 aliphatic heterocycles. The lowest BCUT2D eigenvalue weighted by Crippen LogP contribution is -2.45. The highest BCUT2D eigenvalue weighted by molar-refractivity contribution is 5.23. The minimum atomic E-state index is -0.157. The second-order valence-electron chi connectivity index (χ2n) is 5.71. The Bertz CT molecular complexity index is 529. The highest BCUT2D eigenvalue weighted by Crippen LogP contribution is 2.37. The van der Waals surface area contributed by atoms with Crippen molar-refractivity contribution >= 4 is 0 Å². The van der Waals surface area contributed by atoms with Crippen LogP contribution in [0.4, 0.5) is 4.39 Å². The van der Waals surface area contributed by atoms with E-state index in [1.165, 1.54) is 5.56 Å². The molecule has 0 radical (unpaired) electrons. The quantitative estimate of drug-likeness (QED) is 0.907. The lowest BCUT2D eigenvalue weighted by Gasteiger charge is -2.38. The van der Waals surface area contributed by atoms with Crippen LogP contribution < -0.4 is 5.32 Å². The van der Waals surface area contributed by atoms with Gasteiger partial charge in [-0.1, -0.05) is 12.1 Å². The monoisotopic (exact) mass is 273 g/mol. The summed E-state index contributed by atoms with van der Waals surface area (Å²) in [5.74, 6) is 0.417. The molecule has 20 heavy (non-hydrogen) atoms. The molecular weight excluding hydrogens is 253 g/mol. The van der Waals surface area contributed by atoms with Gasteiger partial charge in [0, 0.05) is 24.5 Å². The molecule has 1 aliphatic rings. The Kier molecular flexibility index (Phi) is 3.83. The third kappa shape index (κ3) is 3.07. The van der Waals surface area contributed by atoms with E-state index in [-0.39, 0.29) is 5.82 Å². The van der Waals surface area contributed by atoms with Crippen LogP contribution in [0.2, 0.25) is 0 Å². The SMILES string of the molecule is CC(Cn1cccn1)NC1CC(c2ccc(F)cc2)C1. The molecule has 1 saturated carbocycles. The Balaban J connectivity index is 1.45. The number of benzene rings is 1. The Labute approximate surface area is 118 Å². The summed E-state index contributed by atoms with van der Waals surface area (Å²) < 4.78 is 14.8. The van der Waals surface area contributed by atoms with Crippen molar-refractivity contribution in [2.75, 3.05) is 0 Å². The molecule has 1 aromatic carbocycles. The Morgan fingerprint density at radius 2 is 2.10 bits per heavy atom. The standard InChI is InChI=1S/C16H20FN3/c1-12(11-20-8-2-7-18-20)19-16-9-14(10-16)13-3-5-15(17)6-4-13/h2-8,12,14,16,19H,9-11H2,1H3. The van der Waals surface area contributed by atoms with Crippen LogP contribution in [0.1, 0.15) is 31.2 Å². The van der Waals surface area contributed by atoms with E-state index in [1.54, 1.807) is 18.3 Å². The molecule has 0 saturated heterocycles. The number of halogens is 1. The molecule has 1 unspecified atom stereocenters. The van der Waals surface area contributed by atoms with Crippen molar-refractivity contribution in [3.05, 3.63) is 54.1 Å². The largest absolute Gasteiger partial charge is 0.310 e. The number of aromatic nitrogens is 2. The molecule has 1 aliphatic carbocycles. The van der Waals surface area contributed by atoms with Gasteiger partial charge in [-0.05, 0) is 49.4 Å². The van der Waals surface area contributed by atoms with Crippen molar-refractivity contribution in [2.24, 2.45) is 0 Å². The predicted octanol–water partition coefficient (Wildman–Crippen LogP) is 2.95. The minimum Gasteiger partial charge on any atom is -0.310 e. The highest BCUT2D eigenvalue weighted by Gasteiger charge is 2.30. The summed E-state index contributed by atoms with van der Waals surface area (Å²) in [5.41, 5.74) is 1.25. The third-order valence-corrected chi connectivity index (χ3v) is 4.02. The summed E-state index contributed by atoms with van der Waals surface area (Å²) in [5, 5.41) is 7.85. The molecule has 0 spiro atoms. The molecule has 0 bridgehead atoms. The fraction of sp³-hybridized carbons (Fsp3) is 0.438. The molecular formula is C16H20FN3. The van der Waals surface area contributed by atoms with Crippen LogP contribution in [-0.4, -0.2) is 21.9 Å². The average molecular weight is 273 g/mol. The van der Waals surface area contributed by atoms with Crippen LogP contribution in [-0.2, 0) is 6.54 Å². The molecule has 4 heteroatoms. The van der Waals surface area contributed by atoms with Gasteiger partial charge in [-0.3, -0.25) is 4.68 Å². The molecule has 1 N–H and O–H groups in total. The Morgan fingerprint density at radius 1 is 1.35 bits per heavy atom. The number of nitrogens with zero attached hydrogens (tertiary/aromatic N) is 2. The topological polar surface area (TPSA) is 29.9 Å². The maximum absolute atomic E-state index is 12.9. The fourth-order valence-electron chi connectivity index (χ4n) is 2.91. The van der Waals surface area contributed by atoms with Gasteiger partial charge < -0.3 is 5.32 Å².